The first kappa shape index (κ1) is 18.3. The van der Waals surface area contributed by atoms with Gasteiger partial charge in [0.2, 0.25) is 0 Å². The third-order valence-electron chi connectivity index (χ3n) is 3.42. The van der Waals surface area contributed by atoms with Crippen molar-refractivity contribution in [3.63, 3.8) is 0 Å². The number of rotatable bonds is 8. The molecule has 0 aliphatic rings. The van der Waals surface area contributed by atoms with Gasteiger partial charge < -0.3 is 13.8 Å². The first-order chi connectivity index (χ1) is 8.10. The minimum Gasteiger partial charge on any atom is -0.398 e. The Hall–Kier alpha value is 0.314. The largest absolute Gasteiger partial charge is 0.398 e. The maximum Gasteiger partial charge on any atom is 0.334 e. The summed E-state index contributed by atoms with van der Waals surface area (Å²) in [6, 6.07) is 1.09. The molecule has 0 amide bonds. The molecule has 0 saturated carbocycles. The van der Waals surface area contributed by atoms with Gasteiger partial charge in [-0.15, -0.1) is 0 Å². The molecule has 0 aromatic carbocycles. The highest BCUT2D eigenvalue weighted by Gasteiger charge is 2.30. The zero-order chi connectivity index (χ0) is 14.4. The summed E-state index contributed by atoms with van der Waals surface area (Å²) in [5.74, 6) is 0. The van der Waals surface area contributed by atoms with Crippen molar-refractivity contribution in [3.8, 4) is 0 Å². The van der Waals surface area contributed by atoms with Crippen LogP contribution in [0.15, 0.2) is 0 Å². The van der Waals surface area contributed by atoms with Gasteiger partial charge in [-0.25, -0.2) is 0 Å². The van der Waals surface area contributed by atoms with E-state index in [1.165, 1.54) is 0 Å². The summed E-state index contributed by atoms with van der Waals surface area (Å²) in [6.45, 7) is 14.7. The van der Waals surface area contributed by atoms with Gasteiger partial charge in [-0.05, 0) is 53.4 Å². The molecule has 0 heterocycles. The summed E-state index contributed by atoms with van der Waals surface area (Å²) in [6.07, 6.45) is 2.11. The molecule has 0 saturated heterocycles. The van der Waals surface area contributed by atoms with Crippen molar-refractivity contribution in [3.05, 3.63) is 0 Å². The van der Waals surface area contributed by atoms with Crippen molar-refractivity contribution in [2.24, 2.45) is 0 Å². The second-order valence-electron chi connectivity index (χ2n) is 6.74. The molecule has 0 aromatic heterocycles. The predicted molar refractivity (Wildman–Crippen MR) is 85.3 cm³/mol. The van der Waals surface area contributed by atoms with Crippen LogP contribution in [0.3, 0.4) is 0 Å². The average Bonchev–Trinajstić information content (AvgIpc) is 2.25. The molecule has 0 radical (unpaired) electrons. The van der Waals surface area contributed by atoms with Gasteiger partial charge in [0.15, 0.2) is 0 Å². The Morgan fingerprint density at radius 3 is 2.17 bits per heavy atom. The van der Waals surface area contributed by atoms with Crippen LogP contribution in [0.5, 0.6) is 0 Å². The molecule has 1 unspecified atom stereocenters. The van der Waals surface area contributed by atoms with E-state index in [9.17, 15) is 0 Å². The lowest BCUT2D eigenvalue weighted by Crippen LogP contribution is -2.42. The van der Waals surface area contributed by atoms with E-state index in [1.807, 2.05) is 7.11 Å². The van der Waals surface area contributed by atoms with Crippen LogP contribution in [0.2, 0.25) is 25.7 Å². The van der Waals surface area contributed by atoms with Gasteiger partial charge in [0.05, 0.1) is 8.80 Å². The van der Waals surface area contributed by atoms with Gasteiger partial charge in [0.25, 0.3) is 0 Å². The maximum atomic E-state index is 6.07. The van der Waals surface area contributed by atoms with Gasteiger partial charge in [0.1, 0.15) is 0 Å². The van der Waals surface area contributed by atoms with Crippen LogP contribution in [0.4, 0.5) is 0 Å². The SMILES string of the molecule is CO[Si](C)(CCCN(C)C(C)(C)C)OC[SiH](C)C. The van der Waals surface area contributed by atoms with E-state index < -0.39 is 17.4 Å². The summed E-state index contributed by atoms with van der Waals surface area (Å²) in [4.78, 5) is 2.40. The quantitative estimate of drug-likeness (QED) is 0.642. The molecule has 0 aliphatic heterocycles. The van der Waals surface area contributed by atoms with Gasteiger partial charge in [0, 0.05) is 18.9 Å². The first-order valence-electron chi connectivity index (χ1n) is 7.01. The second-order valence-corrected chi connectivity index (χ2v) is 13.3. The zero-order valence-electron chi connectivity index (χ0n) is 13.7. The molecule has 3 nitrogen and oxygen atoms in total. The fourth-order valence-electron chi connectivity index (χ4n) is 1.55. The molecular weight excluding hydrogens is 258 g/mol. The molecule has 0 N–H and O–H groups in total. The Kier molecular flexibility index (Phi) is 7.93. The fourth-order valence-corrected chi connectivity index (χ4v) is 5.56. The molecule has 18 heavy (non-hydrogen) atoms. The molecule has 0 aliphatic carbocycles. The number of hydrogen-bond donors (Lipinski definition) is 0. The van der Waals surface area contributed by atoms with E-state index in [4.69, 9.17) is 8.85 Å². The van der Waals surface area contributed by atoms with Gasteiger partial charge >= 0.3 is 8.56 Å². The van der Waals surface area contributed by atoms with Crippen molar-refractivity contribution < 1.29 is 8.85 Å². The molecule has 0 spiro atoms. The molecule has 0 bridgehead atoms. The molecular formula is C13H33NO2Si2. The van der Waals surface area contributed by atoms with E-state index >= 15 is 0 Å². The summed E-state index contributed by atoms with van der Waals surface area (Å²) in [5, 5.41) is 0. The van der Waals surface area contributed by atoms with Crippen LogP contribution in [-0.2, 0) is 8.85 Å². The number of hydrogen-bond acceptors (Lipinski definition) is 3. The standard InChI is InChI=1S/C13H33NO2Si2/c1-13(2,3)14(4)10-9-11-18(8,15-5)16-12-17(6)7/h17H,9-12H2,1-8H3. The van der Waals surface area contributed by atoms with Crippen LogP contribution in [0, 0.1) is 0 Å². The third kappa shape index (κ3) is 7.68. The molecule has 110 valence electrons. The Labute approximate surface area is 117 Å². The van der Waals surface area contributed by atoms with Crippen LogP contribution in [-0.4, -0.2) is 54.7 Å². The van der Waals surface area contributed by atoms with E-state index in [2.05, 4.69) is 52.4 Å². The normalized spacial score (nSPS) is 16.3. The van der Waals surface area contributed by atoms with Gasteiger partial charge in [-0.1, -0.05) is 13.1 Å². The Morgan fingerprint density at radius 2 is 1.78 bits per heavy atom. The predicted octanol–water partition coefficient (Wildman–Crippen LogP) is 2.87. The third-order valence-corrected chi connectivity index (χ3v) is 7.49. The van der Waals surface area contributed by atoms with Crippen LogP contribution >= 0.6 is 0 Å². The summed E-state index contributed by atoms with van der Waals surface area (Å²) in [7, 11) is 1.45. The topological polar surface area (TPSA) is 21.7 Å². The van der Waals surface area contributed by atoms with Crippen LogP contribution in [0.1, 0.15) is 27.2 Å². The van der Waals surface area contributed by atoms with E-state index in [-0.39, 0.29) is 5.54 Å². The van der Waals surface area contributed by atoms with E-state index in [0.29, 0.717) is 0 Å². The van der Waals surface area contributed by atoms with Crippen molar-refractivity contribution in [2.75, 3.05) is 26.9 Å². The van der Waals surface area contributed by atoms with Crippen LogP contribution < -0.4 is 0 Å². The highest BCUT2D eigenvalue weighted by atomic mass is 28.4. The Bertz CT molecular complexity index is 232. The average molecular weight is 292 g/mol. The smallest absolute Gasteiger partial charge is 0.334 e. The minimum atomic E-state index is -1.90. The van der Waals surface area contributed by atoms with Crippen molar-refractivity contribution in [1.82, 2.24) is 4.90 Å². The van der Waals surface area contributed by atoms with Crippen LogP contribution in [0.25, 0.3) is 0 Å². The summed E-state index contributed by atoms with van der Waals surface area (Å²) in [5.41, 5.74) is 0.247. The van der Waals surface area contributed by atoms with E-state index in [1.54, 1.807) is 0 Å². The zero-order valence-corrected chi connectivity index (χ0v) is 15.8. The fraction of sp³-hybridized carbons (Fsp3) is 1.00. The van der Waals surface area contributed by atoms with Gasteiger partial charge in [-0.2, -0.15) is 0 Å². The molecule has 0 aromatic rings. The monoisotopic (exact) mass is 291 g/mol. The Balaban J connectivity index is 4.07. The summed E-state index contributed by atoms with van der Waals surface area (Å²) < 4.78 is 11.7. The number of nitrogens with zero attached hydrogens (tertiary/aromatic N) is 1. The molecule has 1 atom stereocenters. The first-order valence-corrected chi connectivity index (χ1v) is 12.7. The minimum absolute atomic E-state index is 0.247. The maximum absolute atomic E-state index is 6.07. The lowest BCUT2D eigenvalue weighted by atomic mass is 10.1. The second kappa shape index (κ2) is 7.79. The van der Waals surface area contributed by atoms with Crippen molar-refractivity contribution in [2.45, 2.75) is 58.4 Å². The Morgan fingerprint density at radius 1 is 1.22 bits per heavy atom. The molecule has 0 fully saturated rings. The highest BCUT2D eigenvalue weighted by molar-refractivity contribution is 6.67. The van der Waals surface area contributed by atoms with Crippen molar-refractivity contribution >= 4 is 17.4 Å². The lowest BCUT2D eigenvalue weighted by molar-refractivity contribution is 0.172. The lowest BCUT2D eigenvalue weighted by Gasteiger charge is -2.33. The molecule has 0 rings (SSSR count). The molecule has 5 heteroatoms. The van der Waals surface area contributed by atoms with Crippen molar-refractivity contribution in [1.29, 1.82) is 0 Å². The van der Waals surface area contributed by atoms with Gasteiger partial charge in [-0.3, -0.25) is 0 Å². The highest BCUT2D eigenvalue weighted by Crippen LogP contribution is 2.18. The summed E-state index contributed by atoms with van der Waals surface area (Å²) >= 11 is 0. The van der Waals surface area contributed by atoms with E-state index in [0.717, 1.165) is 25.2 Å².